The first-order valence-electron chi connectivity index (χ1n) is 12.8. The summed E-state index contributed by atoms with van der Waals surface area (Å²) in [7, 11) is -8.88. The molecule has 4 aromatic rings. The highest BCUT2D eigenvalue weighted by atomic mass is 35.5. The molecule has 0 spiro atoms. The Morgan fingerprint density at radius 3 is 2.11 bits per heavy atom. The Balaban J connectivity index is 1.71. The van der Waals surface area contributed by atoms with Crippen molar-refractivity contribution in [3.05, 3.63) is 117 Å². The van der Waals surface area contributed by atoms with Crippen molar-refractivity contribution in [2.45, 2.75) is 23.6 Å². The molecule has 10 nitrogen and oxygen atoms in total. The first-order valence-corrected chi connectivity index (χ1v) is 16.6. The summed E-state index contributed by atoms with van der Waals surface area (Å²) in [6.07, 6.45) is 0. The summed E-state index contributed by atoms with van der Waals surface area (Å²) in [5.41, 5.74) is -2.16. The van der Waals surface area contributed by atoms with E-state index in [1.165, 1.54) is 42.9 Å². The number of ether oxygens (including phenoxy) is 1. The number of sulfonamides is 1. The van der Waals surface area contributed by atoms with Gasteiger partial charge in [-0.05, 0) is 52.6 Å². The number of halogens is 4. The van der Waals surface area contributed by atoms with E-state index in [-0.39, 0.29) is 39.9 Å². The minimum absolute atomic E-state index is 0.0399. The predicted octanol–water partition coefficient (Wildman–Crippen LogP) is 6.41. The Bertz CT molecular complexity index is 1890. The lowest BCUT2D eigenvalue weighted by atomic mass is 10.0. The second-order valence-corrected chi connectivity index (χ2v) is 14.0. The van der Waals surface area contributed by atoms with Crippen molar-refractivity contribution in [2.24, 2.45) is 0 Å². The zero-order valence-corrected chi connectivity index (χ0v) is 26.4. The Hall–Kier alpha value is -3.39. The number of amides is 1. The van der Waals surface area contributed by atoms with Crippen LogP contribution in [0.3, 0.4) is 0 Å². The number of nitrogens with one attached hydrogen (secondary N) is 1. The van der Waals surface area contributed by atoms with Crippen LogP contribution in [0.1, 0.15) is 27.0 Å². The lowest BCUT2D eigenvalue weighted by Gasteiger charge is -2.24. The first-order chi connectivity index (χ1) is 21.1. The van der Waals surface area contributed by atoms with E-state index in [2.05, 4.69) is 0 Å². The summed E-state index contributed by atoms with van der Waals surface area (Å²) in [6.45, 7) is -0.558. The molecule has 0 heterocycles. The van der Waals surface area contributed by atoms with Gasteiger partial charge in [0.1, 0.15) is 10.6 Å². The van der Waals surface area contributed by atoms with Crippen LogP contribution in [0.25, 0.3) is 11.1 Å². The zero-order chi connectivity index (χ0) is 33.2. The van der Waals surface area contributed by atoms with Crippen molar-refractivity contribution < 1.29 is 46.3 Å². The number of alkyl halides is 2. The van der Waals surface area contributed by atoms with Gasteiger partial charge in [0.15, 0.2) is 0 Å². The van der Waals surface area contributed by atoms with Gasteiger partial charge in [0.2, 0.25) is 10.0 Å². The predicted molar refractivity (Wildman–Crippen MR) is 163 cm³/mol. The summed E-state index contributed by atoms with van der Waals surface area (Å²) in [6, 6.07) is 20.1. The van der Waals surface area contributed by atoms with Crippen LogP contribution in [0, 0.1) is 0 Å². The normalized spacial score (nSPS) is 12.3. The van der Waals surface area contributed by atoms with E-state index in [0.29, 0.717) is 16.7 Å². The standard InChI is InChI=1S/C29H25Cl2F2N2O8PS/c1-43-26-4-2-3-5-27(26)45(41,42)35(17-19-8-12-23(25(31)14-19)29(32,33)44(38,39)40)16-18-6-9-20(10-7-18)21-11-13-24(30)22(15-21)28(36)34-37/h2-15,37H,16-17H2,1H3,(H,34,36)(H2,38,39,40). The van der Waals surface area contributed by atoms with E-state index in [9.17, 15) is 26.6 Å². The molecule has 4 N–H and O–H groups in total. The van der Waals surface area contributed by atoms with Gasteiger partial charge < -0.3 is 14.5 Å². The third-order valence-corrected chi connectivity index (χ3v) is 10.2. The number of benzene rings is 4. The number of carbonyl (C=O) groups is 1. The van der Waals surface area contributed by atoms with Crippen molar-refractivity contribution in [2.75, 3.05) is 7.11 Å². The van der Waals surface area contributed by atoms with Crippen molar-refractivity contribution in [3.8, 4) is 16.9 Å². The van der Waals surface area contributed by atoms with Crippen LogP contribution in [0.4, 0.5) is 8.78 Å². The van der Waals surface area contributed by atoms with Crippen LogP contribution >= 0.6 is 30.8 Å². The first kappa shape index (κ1) is 34.5. The average molecular weight is 701 g/mol. The van der Waals surface area contributed by atoms with E-state index in [1.807, 2.05) is 0 Å². The van der Waals surface area contributed by atoms with Gasteiger partial charge in [-0.2, -0.15) is 13.1 Å². The fourth-order valence-electron chi connectivity index (χ4n) is 4.40. The molecule has 0 aromatic heterocycles. The molecule has 238 valence electrons. The molecule has 0 unspecified atom stereocenters. The van der Waals surface area contributed by atoms with Crippen LogP contribution in [-0.2, 0) is 33.3 Å². The number of carbonyl (C=O) groups excluding carboxylic acids is 1. The number of nitrogens with zero attached hydrogens (tertiary/aromatic N) is 1. The molecular formula is C29H25Cl2F2N2O8PS. The molecule has 16 heteroatoms. The highest BCUT2D eigenvalue weighted by Crippen LogP contribution is 2.60. The molecule has 0 bridgehead atoms. The van der Waals surface area contributed by atoms with Crippen molar-refractivity contribution in [3.63, 3.8) is 0 Å². The van der Waals surface area contributed by atoms with Gasteiger partial charge in [-0.15, -0.1) is 0 Å². The molecule has 0 fully saturated rings. The summed E-state index contributed by atoms with van der Waals surface area (Å²) in [4.78, 5) is 30.0. The highest BCUT2D eigenvalue weighted by Gasteiger charge is 2.51. The number of hydroxylamine groups is 1. The number of methoxy groups -OCH3 is 1. The van der Waals surface area contributed by atoms with Crippen LogP contribution in [0.15, 0.2) is 89.8 Å². The zero-order valence-electron chi connectivity index (χ0n) is 23.2. The van der Waals surface area contributed by atoms with Crippen molar-refractivity contribution in [1.29, 1.82) is 0 Å². The topological polar surface area (TPSA) is 153 Å². The largest absolute Gasteiger partial charge is 0.495 e. The van der Waals surface area contributed by atoms with Crippen molar-refractivity contribution in [1.82, 2.24) is 9.79 Å². The van der Waals surface area contributed by atoms with E-state index in [4.69, 9.17) is 42.9 Å². The molecule has 0 saturated heterocycles. The smallest absolute Gasteiger partial charge is 0.399 e. The van der Waals surface area contributed by atoms with Gasteiger partial charge in [0, 0.05) is 13.1 Å². The van der Waals surface area contributed by atoms with E-state index >= 15 is 0 Å². The highest BCUT2D eigenvalue weighted by molar-refractivity contribution is 7.89. The summed E-state index contributed by atoms with van der Waals surface area (Å²) in [5.74, 6) is -0.729. The monoisotopic (exact) mass is 700 g/mol. The Morgan fingerprint density at radius 2 is 1.51 bits per heavy atom. The molecule has 0 aliphatic carbocycles. The molecular weight excluding hydrogens is 676 g/mol. The average Bonchev–Trinajstić information content (AvgIpc) is 3.00. The molecule has 0 saturated carbocycles. The number of hydrogen-bond donors (Lipinski definition) is 4. The third kappa shape index (κ3) is 7.37. The summed E-state index contributed by atoms with van der Waals surface area (Å²) in [5, 5.41) is 8.45. The molecule has 4 aromatic carbocycles. The van der Waals surface area contributed by atoms with E-state index in [0.717, 1.165) is 22.5 Å². The van der Waals surface area contributed by atoms with Gasteiger partial charge >= 0.3 is 13.3 Å². The Morgan fingerprint density at radius 1 is 0.911 bits per heavy atom. The molecule has 0 atom stereocenters. The molecule has 4 rings (SSSR count). The Labute approximate surface area is 267 Å². The lowest BCUT2D eigenvalue weighted by molar-refractivity contribution is 0.0565. The summed E-state index contributed by atoms with van der Waals surface area (Å²) < 4.78 is 74.3. The maximum absolute atomic E-state index is 14.3. The maximum atomic E-state index is 14.3. The molecule has 45 heavy (non-hydrogen) atoms. The van der Waals surface area contributed by atoms with Gasteiger partial charge in [-0.3, -0.25) is 14.6 Å². The summed E-state index contributed by atoms with van der Waals surface area (Å²) >= 11 is 12.1. The van der Waals surface area contributed by atoms with Crippen LogP contribution in [0.5, 0.6) is 5.75 Å². The second kappa shape index (κ2) is 13.5. The van der Waals surface area contributed by atoms with E-state index < -0.39 is 39.8 Å². The third-order valence-electron chi connectivity index (χ3n) is 6.73. The van der Waals surface area contributed by atoms with Gasteiger partial charge in [-0.1, -0.05) is 77.8 Å². The quantitative estimate of drug-likeness (QED) is 0.0796. The minimum Gasteiger partial charge on any atom is -0.495 e. The number of para-hydroxylation sites is 1. The molecule has 0 aliphatic rings. The van der Waals surface area contributed by atoms with Gasteiger partial charge in [0.05, 0.1) is 28.3 Å². The Kier molecular flexibility index (Phi) is 10.4. The van der Waals surface area contributed by atoms with Crippen LogP contribution in [0.2, 0.25) is 10.0 Å². The van der Waals surface area contributed by atoms with E-state index in [1.54, 1.807) is 36.4 Å². The van der Waals surface area contributed by atoms with Gasteiger partial charge in [0.25, 0.3) is 5.91 Å². The van der Waals surface area contributed by atoms with Crippen molar-refractivity contribution >= 4 is 46.7 Å². The number of rotatable bonds is 11. The number of hydrogen-bond acceptors (Lipinski definition) is 6. The SMILES string of the molecule is COc1ccccc1S(=O)(=O)N(Cc1ccc(-c2ccc(Cl)c(C(=O)NO)c2)cc1)Cc1ccc(C(F)(F)P(=O)(O)O)c(Cl)c1. The fraction of sp³-hybridized carbons (Fsp3) is 0.138. The second-order valence-electron chi connectivity index (χ2n) is 9.66. The lowest BCUT2D eigenvalue weighted by Crippen LogP contribution is -2.30. The van der Waals surface area contributed by atoms with Gasteiger partial charge in [-0.25, -0.2) is 13.9 Å². The maximum Gasteiger partial charge on any atom is 0.399 e. The van der Waals surface area contributed by atoms with Crippen LogP contribution in [-0.4, -0.2) is 40.7 Å². The minimum atomic E-state index is -5.90. The van der Waals surface area contributed by atoms with Crippen LogP contribution < -0.4 is 10.2 Å². The molecule has 0 aliphatic heterocycles. The fourth-order valence-corrected chi connectivity index (χ4v) is 7.08. The molecule has 0 radical (unpaired) electrons. The molecule has 1 amide bonds.